The minimum Gasteiger partial charge on any atom is -0.344 e. The van der Waals surface area contributed by atoms with E-state index in [9.17, 15) is 13.6 Å². The number of aryl methyl sites for hydroxylation is 1. The molecule has 0 spiro atoms. The Morgan fingerprint density at radius 1 is 1.11 bits per heavy atom. The van der Waals surface area contributed by atoms with Crippen LogP contribution in [0.25, 0.3) is 22.2 Å². The average Bonchev–Trinajstić information content (AvgIpc) is 2.98. The predicted octanol–water partition coefficient (Wildman–Crippen LogP) is 4.38. The summed E-state index contributed by atoms with van der Waals surface area (Å²) < 4.78 is 30.3. The summed E-state index contributed by atoms with van der Waals surface area (Å²) in [5.41, 5.74) is 2.37. The summed E-state index contributed by atoms with van der Waals surface area (Å²) in [6.45, 7) is -0.104. The van der Waals surface area contributed by atoms with Gasteiger partial charge in [-0.3, -0.25) is 9.36 Å². The second kappa shape index (κ2) is 6.63. The Hall–Kier alpha value is -2.99. The number of rotatable bonds is 3. The molecule has 2 heterocycles. The van der Waals surface area contributed by atoms with Crippen LogP contribution in [0.15, 0.2) is 59.8 Å². The zero-order chi connectivity index (χ0) is 19.1. The zero-order valence-corrected chi connectivity index (χ0v) is 15.0. The standard InChI is InChI=1S/C20H14ClF2N3O/c1-25-10-16(12-2-4-14(21)5-3-12)18-19(25)20(27)26(11-24-18)9-13-8-15(22)6-7-17(13)23/h2-8,10-11H,9H2,1H3. The Kier molecular flexibility index (Phi) is 4.28. The Labute approximate surface area is 158 Å². The summed E-state index contributed by atoms with van der Waals surface area (Å²) in [6.07, 6.45) is 3.17. The first-order valence-corrected chi connectivity index (χ1v) is 8.56. The molecule has 0 atom stereocenters. The highest BCUT2D eigenvalue weighted by Crippen LogP contribution is 2.28. The molecule has 2 aromatic heterocycles. The smallest absolute Gasteiger partial charge is 0.278 e. The average molecular weight is 386 g/mol. The van der Waals surface area contributed by atoms with Crippen LogP contribution in [0.3, 0.4) is 0 Å². The van der Waals surface area contributed by atoms with Gasteiger partial charge in [0.15, 0.2) is 0 Å². The minimum atomic E-state index is -0.572. The normalized spacial score (nSPS) is 11.3. The Bertz CT molecular complexity index is 1210. The first-order chi connectivity index (χ1) is 12.9. The molecule has 0 N–H and O–H groups in total. The van der Waals surface area contributed by atoms with Gasteiger partial charge in [0.1, 0.15) is 22.7 Å². The van der Waals surface area contributed by atoms with Crippen molar-refractivity contribution in [1.82, 2.24) is 14.1 Å². The number of hydrogen-bond acceptors (Lipinski definition) is 2. The van der Waals surface area contributed by atoms with E-state index in [0.717, 1.165) is 29.3 Å². The van der Waals surface area contributed by atoms with Gasteiger partial charge in [-0.2, -0.15) is 0 Å². The largest absolute Gasteiger partial charge is 0.344 e. The first-order valence-electron chi connectivity index (χ1n) is 8.18. The number of benzene rings is 2. The lowest BCUT2D eigenvalue weighted by Gasteiger charge is -2.08. The van der Waals surface area contributed by atoms with Crippen LogP contribution in [0.2, 0.25) is 5.02 Å². The third-order valence-electron chi connectivity index (χ3n) is 4.45. The molecule has 0 bridgehead atoms. The molecular formula is C20H14ClF2N3O. The van der Waals surface area contributed by atoms with E-state index in [4.69, 9.17) is 11.6 Å². The van der Waals surface area contributed by atoms with E-state index >= 15 is 0 Å². The van der Waals surface area contributed by atoms with E-state index in [1.54, 1.807) is 23.7 Å². The van der Waals surface area contributed by atoms with Gasteiger partial charge in [0.05, 0.1) is 12.9 Å². The second-order valence-electron chi connectivity index (χ2n) is 6.27. The third-order valence-corrected chi connectivity index (χ3v) is 4.70. The van der Waals surface area contributed by atoms with Gasteiger partial charge in [-0.25, -0.2) is 13.8 Å². The van der Waals surface area contributed by atoms with Crippen molar-refractivity contribution in [2.45, 2.75) is 6.54 Å². The summed E-state index contributed by atoms with van der Waals surface area (Å²) in [6, 6.07) is 10.4. The maximum atomic E-state index is 13.9. The molecule has 0 aliphatic carbocycles. The van der Waals surface area contributed by atoms with Crippen molar-refractivity contribution in [2.24, 2.45) is 7.05 Å². The van der Waals surface area contributed by atoms with E-state index in [1.807, 2.05) is 18.3 Å². The monoisotopic (exact) mass is 385 g/mol. The van der Waals surface area contributed by atoms with Crippen LogP contribution in [0.4, 0.5) is 8.78 Å². The molecule has 4 nitrogen and oxygen atoms in total. The fraction of sp³-hybridized carbons (Fsp3) is 0.100. The quantitative estimate of drug-likeness (QED) is 0.525. The molecule has 2 aromatic carbocycles. The van der Waals surface area contributed by atoms with Gasteiger partial charge in [0.2, 0.25) is 0 Å². The van der Waals surface area contributed by atoms with Crippen LogP contribution in [-0.2, 0) is 13.6 Å². The van der Waals surface area contributed by atoms with Crippen molar-refractivity contribution >= 4 is 22.6 Å². The highest BCUT2D eigenvalue weighted by Gasteiger charge is 2.15. The van der Waals surface area contributed by atoms with Gasteiger partial charge < -0.3 is 4.57 Å². The Balaban J connectivity index is 1.83. The van der Waals surface area contributed by atoms with Crippen molar-refractivity contribution < 1.29 is 8.78 Å². The molecule has 0 aliphatic rings. The molecule has 136 valence electrons. The van der Waals surface area contributed by atoms with Crippen LogP contribution < -0.4 is 5.56 Å². The summed E-state index contributed by atoms with van der Waals surface area (Å²) in [7, 11) is 1.75. The fourth-order valence-corrected chi connectivity index (χ4v) is 3.24. The van der Waals surface area contributed by atoms with E-state index < -0.39 is 11.6 Å². The molecule has 4 aromatic rings. The highest BCUT2D eigenvalue weighted by molar-refractivity contribution is 6.30. The van der Waals surface area contributed by atoms with Crippen LogP contribution in [0.5, 0.6) is 0 Å². The summed E-state index contributed by atoms with van der Waals surface area (Å²) in [5, 5.41) is 0.617. The SMILES string of the molecule is Cn1cc(-c2ccc(Cl)cc2)c2ncn(Cc3cc(F)ccc3F)c(=O)c21. The van der Waals surface area contributed by atoms with Gasteiger partial charge in [-0.1, -0.05) is 23.7 Å². The Morgan fingerprint density at radius 2 is 1.85 bits per heavy atom. The number of hydrogen-bond donors (Lipinski definition) is 0. The molecule has 0 aliphatic heterocycles. The van der Waals surface area contributed by atoms with Gasteiger partial charge in [-0.15, -0.1) is 0 Å². The molecule has 0 saturated carbocycles. The summed E-state index contributed by atoms with van der Waals surface area (Å²) >= 11 is 5.94. The summed E-state index contributed by atoms with van der Waals surface area (Å²) in [4.78, 5) is 17.3. The molecule has 0 unspecified atom stereocenters. The molecule has 0 fully saturated rings. The van der Waals surface area contributed by atoms with Gasteiger partial charge >= 0.3 is 0 Å². The number of aromatic nitrogens is 3. The van der Waals surface area contributed by atoms with E-state index in [2.05, 4.69) is 4.98 Å². The van der Waals surface area contributed by atoms with E-state index in [-0.39, 0.29) is 17.7 Å². The molecule has 0 amide bonds. The Morgan fingerprint density at radius 3 is 2.59 bits per heavy atom. The number of nitrogens with zero attached hydrogens (tertiary/aromatic N) is 3. The number of halogens is 3. The van der Waals surface area contributed by atoms with Crippen molar-refractivity contribution in [1.29, 1.82) is 0 Å². The van der Waals surface area contributed by atoms with Gasteiger partial charge in [0.25, 0.3) is 5.56 Å². The first kappa shape index (κ1) is 17.4. The van der Waals surface area contributed by atoms with E-state index in [1.165, 1.54) is 10.9 Å². The van der Waals surface area contributed by atoms with Crippen molar-refractivity contribution in [3.05, 3.63) is 87.6 Å². The van der Waals surface area contributed by atoms with E-state index in [0.29, 0.717) is 16.1 Å². The lowest BCUT2D eigenvalue weighted by Crippen LogP contribution is -2.23. The van der Waals surface area contributed by atoms with Gasteiger partial charge in [-0.05, 0) is 35.9 Å². The topological polar surface area (TPSA) is 39.8 Å². The minimum absolute atomic E-state index is 0.0883. The van der Waals surface area contributed by atoms with Gasteiger partial charge in [0, 0.05) is 29.4 Å². The molecule has 7 heteroatoms. The highest BCUT2D eigenvalue weighted by atomic mass is 35.5. The lowest BCUT2D eigenvalue weighted by molar-refractivity contribution is 0.573. The third kappa shape index (κ3) is 3.13. The maximum absolute atomic E-state index is 13.9. The lowest BCUT2D eigenvalue weighted by atomic mass is 10.1. The van der Waals surface area contributed by atoms with Crippen molar-refractivity contribution in [3.63, 3.8) is 0 Å². The zero-order valence-electron chi connectivity index (χ0n) is 14.3. The molecule has 0 saturated heterocycles. The number of fused-ring (bicyclic) bond motifs is 1. The molecule has 27 heavy (non-hydrogen) atoms. The maximum Gasteiger partial charge on any atom is 0.278 e. The molecule has 4 rings (SSSR count). The van der Waals surface area contributed by atoms with Crippen LogP contribution in [0, 0.1) is 11.6 Å². The molecular weight excluding hydrogens is 372 g/mol. The molecule has 0 radical (unpaired) electrons. The van der Waals surface area contributed by atoms with Crippen LogP contribution >= 0.6 is 11.6 Å². The summed E-state index contributed by atoms with van der Waals surface area (Å²) in [5.74, 6) is -1.13. The van der Waals surface area contributed by atoms with Crippen molar-refractivity contribution in [2.75, 3.05) is 0 Å². The second-order valence-corrected chi connectivity index (χ2v) is 6.71. The predicted molar refractivity (Wildman–Crippen MR) is 101 cm³/mol. The fourth-order valence-electron chi connectivity index (χ4n) is 3.11. The van der Waals surface area contributed by atoms with Crippen LogP contribution in [0.1, 0.15) is 5.56 Å². The van der Waals surface area contributed by atoms with Crippen LogP contribution in [-0.4, -0.2) is 14.1 Å². The van der Waals surface area contributed by atoms with Crippen molar-refractivity contribution in [3.8, 4) is 11.1 Å².